The molecule has 0 fully saturated rings. The molecule has 0 heterocycles. The van der Waals surface area contributed by atoms with E-state index in [4.69, 9.17) is 32.7 Å². The average molecular weight is 556 g/mol. The Hall–Kier alpha value is -2.14. The second kappa shape index (κ2) is 16.0. The Bertz CT molecular complexity index is 985. The molecule has 2 unspecified atom stereocenters. The van der Waals surface area contributed by atoms with Gasteiger partial charge >= 0.3 is 0 Å². The highest BCUT2D eigenvalue weighted by Gasteiger charge is 2.24. The smallest absolute Gasteiger partial charge is 0.122 e. The van der Waals surface area contributed by atoms with E-state index in [1.54, 1.807) is 0 Å². The van der Waals surface area contributed by atoms with Crippen molar-refractivity contribution in [2.75, 3.05) is 32.2 Å². The number of nitrogens with two attached hydrogens (primary N) is 2. The number of hydrogen-bond donors (Lipinski definition) is 6. The summed E-state index contributed by atoms with van der Waals surface area (Å²) >= 11 is 9.61. The van der Waals surface area contributed by atoms with Gasteiger partial charge in [-0.1, -0.05) is 52.0 Å². The van der Waals surface area contributed by atoms with Gasteiger partial charge in [-0.05, 0) is 41.8 Å². The third kappa shape index (κ3) is 9.92. The second-order valence-electron chi connectivity index (χ2n) is 8.86. The van der Waals surface area contributed by atoms with Gasteiger partial charge in [-0.3, -0.25) is 0 Å². The van der Waals surface area contributed by atoms with Gasteiger partial charge in [0.25, 0.3) is 0 Å². The molecule has 0 bridgehead atoms. The van der Waals surface area contributed by atoms with Crippen molar-refractivity contribution in [3.63, 3.8) is 0 Å². The number of thiol groups is 1. The van der Waals surface area contributed by atoms with Crippen LogP contribution in [0, 0.1) is 6.92 Å². The molecule has 2 aromatic carbocycles. The van der Waals surface area contributed by atoms with Gasteiger partial charge in [0.15, 0.2) is 0 Å². The molecule has 0 spiro atoms. The summed E-state index contributed by atoms with van der Waals surface area (Å²) in [5, 5.41) is 30.4. The molecular formula is C27H42ClN3O5S. The van der Waals surface area contributed by atoms with Crippen molar-refractivity contribution < 1.29 is 24.8 Å². The monoisotopic (exact) mass is 555 g/mol. The number of rotatable bonds is 13. The van der Waals surface area contributed by atoms with Gasteiger partial charge in [-0.2, -0.15) is 0 Å². The van der Waals surface area contributed by atoms with Crippen LogP contribution in [0.2, 0.25) is 0 Å². The van der Waals surface area contributed by atoms with Crippen LogP contribution in [-0.4, -0.2) is 64.8 Å². The Labute approximate surface area is 231 Å². The van der Waals surface area contributed by atoms with E-state index >= 15 is 0 Å². The molecule has 37 heavy (non-hydrogen) atoms. The summed E-state index contributed by atoms with van der Waals surface area (Å²) in [4.78, 5) is 0. The second-order valence-corrected chi connectivity index (χ2v) is 9.65. The summed E-state index contributed by atoms with van der Waals surface area (Å²) in [6, 6.07) is 13.7. The lowest BCUT2D eigenvalue weighted by Gasteiger charge is -2.27. The summed E-state index contributed by atoms with van der Waals surface area (Å²) in [5.74, 6) is 7.27. The van der Waals surface area contributed by atoms with E-state index in [0.29, 0.717) is 11.5 Å². The van der Waals surface area contributed by atoms with E-state index in [0.717, 1.165) is 21.7 Å². The first-order valence-electron chi connectivity index (χ1n) is 12.2. The molecule has 2 atom stereocenters. The Morgan fingerprint density at radius 3 is 2.11 bits per heavy atom. The Kier molecular flexibility index (Phi) is 14.2. The third-order valence-electron chi connectivity index (χ3n) is 5.72. The molecule has 0 radical (unpaired) electrons. The van der Waals surface area contributed by atoms with Crippen molar-refractivity contribution in [1.82, 2.24) is 5.01 Å². The van der Waals surface area contributed by atoms with E-state index < -0.39 is 12.2 Å². The standard InChI is InChI=1S/C25H36ClN3O5S.C2H6/c1-16-10-18(6-9-23(16)34-14-19(31)11-26)25(2,3)17-4-7-21(8-5-17)33-15-20(32)12-29(28)22(13-30)24(27)35;1-2/h4-10,19-20,30-32,35H,11-15,27-28H2,1-3H3;1-2H3/b24-22+;. The number of ether oxygens (including phenoxy) is 2. The van der Waals surface area contributed by atoms with Gasteiger partial charge in [0.05, 0.1) is 29.8 Å². The molecule has 0 aromatic heterocycles. The number of benzene rings is 2. The molecule has 0 saturated heterocycles. The number of aliphatic hydroxyl groups excluding tert-OH is 3. The molecular weight excluding hydrogens is 514 g/mol. The first-order valence-corrected chi connectivity index (χ1v) is 13.2. The minimum atomic E-state index is -0.903. The maximum Gasteiger partial charge on any atom is 0.122 e. The normalized spacial score (nSPS) is 13.6. The van der Waals surface area contributed by atoms with Crippen LogP contribution < -0.4 is 21.1 Å². The Morgan fingerprint density at radius 1 is 1.03 bits per heavy atom. The molecule has 7 N–H and O–H groups in total. The minimum Gasteiger partial charge on any atom is -0.491 e. The van der Waals surface area contributed by atoms with Gasteiger partial charge in [-0.25, -0.2) is 5.84 Å². The van der Waals surface area contributed by atoms with Crippen molar-refractivity contribution in [2.45, 2.75) is 52.2 Å². The Balaban J connectivity index is 0.00000334. The van der Waals surface area contributed by atoms with Crippen LogP contribution in [0.3, 0.4) is 0 Å². The van der Waals surface area contributed by atoms with E-state index in [1.807, 2.05) is 57.2 Å². The lowest BCUT2D eigenvalue weighted by Crippen LogP contribution is -2.41. The molecule has 0 aliphatic carbocycles. The van der Waals surface area contributed by atoms with Crippen molar-refractivity contribution in [1.29, 1.82) is 0 Å². The highest BCUT2D eigenvalue weighted by atomic mass is 35.5. The first kappa shape index (κ1) is 32.9. The van der Waals surface area contributed by atoms with E-state index in [-0.39, 0.29) is 48.4 Å². The molecule has 0 aliphatic rings. The highest BCUT2D eigenvalue weighted by Crippen LogP contribution is 2.34. The van der Waals surface area contributed by atoms with Crippen LogP contribution in [0.15, 0.2) is 53.2 Å². The number of hydrazine groups is 1. The lowest BCUT2D eigenvalue weighted by molar-refractivity contribution is 0.0744. The topological polar surface area (TPSA) is 134 Å². The quantitative estimate of drug-likeness (QED) is 0.0959. The highest BCUT2D eigenvalue weighted by molar-refractivity contribution is 7.84. The third-order valence-corrected chi connectivity index (χ3v) is 6.34. The van der Waals surface area contributed by atoms with Crippen LogP contribution in [0.5, 0.6) is 11.5 Å². The fraction of sp³-hybridized carbons (Fsp3) is 0.481. The predicted molar refractivity (Wildman–Crippen MR) is 153 cm³/mol. The van der Waals surface area contributed by atoms with Crippen molar-refractivity contribution in [3.05, 3.63) is 69.9 Å². The first-order chi connectivity index (χ1) is 17.5. The van der Waals surface area contributed by atoms with Crippen molar-refractivity contribution in [2.24, 2.45) is 11.6 Å². The molecule has 10 heteroatoms. The van der Waals surface area contributed by atoms with Crippen molar-refractivity contribution in [3.8, 4) is 11.5 Å². The maximum atomic E-state index is 10.2. The molecule has 0 saturated carbocycles. The summed E-state index contributed by atoms with van der Waals surface area (Å²) in [5.41, 5.74) is 8.67. The number of aliphatic hydroxyl groups is 3. The molecule has 2 aromatic rings. The van der Waals surface area contributed by atoms with E-state index in [1.165, 1.54) is 0 Å². The summed E-state index contributed by atoms with van der Waals surface area (Å²) in [6.45, 7) is 10.0. The van der Waals surface area contributed by atoms with E-state index in [9.17, 15) is 15.3 Å². The minimum absolute atomic E-state index is 0.0146. The van der Waals surface area contributed by atoms with Crippen LogP contribution in [0.4, 0.5) is 0 Å². The van der Waals surface area contributed by atoms with Gasteiger partial charge in [0.2, 0.25) is 0 Å². The van der Waals surface area contributed by atoms with Crippen LogP contribution in [-0.2, 0) is 5.41 Å². The fourth-order valence-electron chi connectivity index (χ4n) is 3.47. The maximum absolute atomic E-state index is 10.2. The van der Waals surface area contributed by atoms with Crippen LogP contribution in [0.1, 0.15) is 44.4 Å². The van der Waals surface area contributed by atoms with E-state index in [2.05, 4.69) is 32.5 Å². The fourth-order valence-corrected chi connectivity index (χ4v) is 3.75. The zero-order chi connectivity index (χ0) is 28.2. The van der Waals surface area contributed by atoms with Crippen LogP contribution >= 0.6 is 24.2 Å². The number of aryl methyl sites for hydroxylation is 1. The van der Waals surface area contributed by atoms with Crippen LogP contribution in [0.25, 0.3) is 0 Å². The molecule has 208 valence electrons. The zero-order valence-electron chi connectivity index (χ0n) is 22.3. The number of alkyl halides is 1. The van der Waals surface area contributed by atoms with Gasteiger partial charge in [0, 0.05) is 5.41 Å². The molecule has 0 amide bonds. The zero-order valence-corrected chi connectivity index (χ0v) is 24.0. The SMILES string of the molecule is CC.Cc1cc(C(C)(C)c2ccc(OCC(O)CN(N)/C(CO)=C(\N)S)cc2)ccc1OCC(O)CCl. The van der Waals surface area contributed by atoms with Crippen molar-refractivity contribution >= 4 is 24.2 Å². The molecule has 0 aliphatic heterocycles. The lowest BCUT2D eigenvalue weighted by atomic mass is 9.77. The Morgan fingerprint density at radius 2 is 1.59 bits per heavy atom. The number of nitrogens with zero attached hydrogens (tertiary/aromatic N) is 1. The van der Waals surface area contributed by atoms with Gasteiger partial charge in [0.1, 0.15) is 36.9 Å². The van der Waals surface area contributed by atoms with Gasteiger partial charge in [-0.15, -0.1) is 24.2 Å². The summed E-state index contributed by atoms with van der Waals surface area (Å²) in [6.07, 6.45) is -1.61. The average Bonchev–Trinajstić information content (AvgIpc) is 2.88. The number of halogens is 1. The number of hydrogen-bond acceptors (Lipinski definition) is 9. The summed E-state index contributed by atoms with van der Waals surface area (Å²) < 4.78 is 11.4. The largest absolute Gasteiger partial charge is 0.491 e. The van der Waals surface area contributed by atoms with Gasteiger partial charge < -0.3 is 35.5 Å². The summed E-state index contributed by atoms with van der Waals surface area (Å²) in [7, 11) is 0. The molecule has 2 rings (SSSR count). The molecule has 8 nitrogen and oxygen atoms in total. The predicted octanol–water partition coefficient (Wildman–Crippen LogP) is 3.29.